The lowest BCUT2D eigenvalue weighted by atomic mass is 10.0. The minimum absolute atomic E-state index is 0.285. The van der Waals surface area contributed by atoms with Gasteiger partial charge in [-0.05, 0) is 18.2 Å². The van der Waals surface area contributed by atoms with Crippen molar-refractivity contribution in [2.45, 2.75) is 6.04 Å². The smallest absolute Gasteiger partial charge is 0.123 e. The maximum absolute atomic E-state index is 5.99. The standard InChI is InChI=1S/C11H15ClN2O/c1-15-11-3-2-8(12)6-9(11)10-7-13-4-5-14-10/h2-3,6,10,13-14H,4-5,7H2,1H3/t10-/m0/s1. The van der Waals surface area contributed by atoms with Crippen LogP contribution in [0.25, 0.3) is 0 Å². The van der Waals surface area contributed by atoms with Crippen molar-refractivity contribution in [2.24, 2.45) is 0 Å². The third-order valence-electron chi connectivity index (χ3n) is 2.61. The number of methoxy groups -OCH3 is 1. The van der Waals surface area contributed by atoms with Gasteiger partial charge in [0.05, 0.1) is 7.11 Å². The van der Waals surface area contributed by atoms with Gasteiger partial charge < -0.3 is 15.4 Å². The molecule has 15 heavy (non-hydrogen) atoms. The molecule has 2 rings (SSSR count). The fourth-order valence-electron chi connectivity index (χ4n) is 1.85. The highest BCUT2D eigenvalue weighted by Crippen LogP contribution is 2.28. The van der Waals surface area contributed by atoms with Crippen LogP contribution in [0.2, 0.25) is 5.02 Å². The quantitative estimate of drug-likeness (QED) is 0.804. The van der Waals surface area contributed by atoms with Crippen LogP contribution in [0.3, 0.4) is 0 Å². The molecule has 1 aromatic carbocycles. The van der Waals surface area contributed by atoms with Gasteiger partial charge in [-0.25, -0.2) is 0 Å². The first kappa shape index (κ1) is 10.7. The maximum atomic E-state index is 5.99. The Morgan fingerprint density at radius 3 is 2.93 bits per heavy atom. The first-order valence-corrected chi connectivity index (χ1v) is 5.46. The Balaban J connectivity index is 2.27. The van der Waals surface area contributed by atoms with E-state index in [1.807, 2.05) is 18.2 Å². The van der Waals surface area contributed by atoms with E-state index in [4.69, 9.17) is 16.3 Å². The van der Waals surface area contributed by atoms with Crippen molar-refractivity contribution < 1.29 is 4.74 Å². The van der Waals surface area contributed by atoms with E-state index in [0.717, 1.165) is 36.0 Å². The highest BCUT2D eigenvalue weighted by Gasteiger charge is 2.18. The Kier molecular flexibility index (Phi) is 3.46. The lowest BCUT2D eigenvalue weighted by Gasteiger charge is -2.26. The van der Waals surface area contributed by atoms with Crippen LogP contribution in [0.5, 0.6) is 5.75 Å². The number of ether oxygens (including phenoxy) is 1. The molecule has 2 N–H and O–H groups in total. The molecular weight excluding hydrogens is 212 g/mol. The molecule has 0 amide bonds. The van der Waals surface area contributed by atoms with Gasteiger partial charge in [0.2, 0.25) is 0 Å². The third-order valence-corrected chi connectivity index (χ3v) is 2.84. The summed E-state index contributed by atoms with van der Waals surface area (Å²) in [7, 11) is 1.68. The van der Waals surface area contributed by atoms with Crippen LogP contribution >= 0.6 is 11.6 Å². The molecule has 0 saturated carbocycles. The summed E-state index contributed by atoms with van der Waals surface area (Å²) < 4.78 is 5.33. The lowest BCUT2D eigenvalue weighted by Crippen LogP contribution is -2.42. The zero-order valence-electron chi connectivity index (χ0n) is 8.72. The molecule has 4 heteroatoms. The molecule has 0 aliphatic carbocycles. The Morgan fingerprint density at radius 2 is 2.27 bits per heavy atom. The van der Waals surface area contributed by atoms with Crippen LogP contribution in [-0.4, -0.2) is 26.7 Å². The number of rotatable bonds is 2. The van der Waals surface area contributed by atoms with Crippen molar-refractivity contribution in [1.29, 1.82) is 0 Å². The van der Waals surface area contributed by atoms with E-state index in [1.165, 1.54) is 0 Å². The summed E-state index contributed by atoms with van der Waals surface area (Å²) in [6, 6.07) is 6.01. The molecule has 0 spiro atoms. The molecule has 1 saturated heterocycles. The van der Waals surface area contributed by atoms with Crippen molar-refractivity contribution in [3.63, 3.8) is 0 Å². The summed E-state index contributed by atoms with van der Waals surface area (Å²) in [5, 5.41) is 7.53. The van der Waals surface area contributed by atoms with Gasteiger partial charge in [0, 0.05) is 36.3 Å². The second kappa shape index (κ2) is 4.84. The van der Waals surface area contributed by atoms with Gasteiger partial charge in [-0.15, -0.1) is 0 Å². The molecule has 0 radical (unpaired) electrons. The van der Waals surface area contributed by atoms with Crippen LogP contribution in [0.1, 0.15) is 11.6 Å². The number of nitrogens with one attached hydrogen (secondary N) is 2. The summed E-state index contributed by atoms with van der Waals surface area (Å²) in [4.78, 5) is 0. The number of piperazine rings is 1. The number of hydrogen-bond acceptors (Lipinski definition) is 3. The normalized spacial score (nSPS) is 21.3. The van der Waals surface area contributed by atoms with E-state index in [1.54, 1.807) is 7.11 Å². The van der Waals surface area contributed by atoms with Gasteiger partial charge in [-0.1, -0.05) is 11.6 Å². The predicted molar refractivity (Wildman–Crippen MR) is 61.6 cm³/mol. The van der Waals surface area contributed by atoms with Gasteiger partial charge in [0.15, 0.2) is 0 Å². The van der Waals surface area contributed by atoms with Gasteiger partial charge in [0.25, 0.3) is 0 Å². The summed E-state index contributed by atoms with van der Waals surface area (Å²) in [6.45, 7) is 2.90. The Bertz CT molecular complexity index is 337. The van der Waals surface area contributed by atoms with E-state index >= 15 is 0 Å². The molecule has 1 aliphatic heterocycles. The fraction of sp³-hybridized carbons (Fsp3) is 0.455. The summed E-state index contributed by atoms with van der Waals surface area (Å²) >= 11 is 5.99. The zero-order valence-corrected chi connectivity index (χ0v) is 9.47. The van der Waals surface area contributed by atoms with E-state index in [0.29, 0.717) is 0 Å². The molecule has 1 aromatic rings. The van der Waals surface area contributed by atoms with Gasteiger partial charge >= 0.3 is 0 Å². The highest BCUT2D eigenvalue weighted by atomic mass is 35.5. The molecule has 0 unspecified atom stereocenters. The number of hydrogen-bond donors (Lipinski definition) is 2. The first-order chi connectivity index (χ1) is 7.31. The SMILES string of the molecule is COc1ccc(Cl)cc1[C@@H]1CNCCN1. The second-order valence-corrected chi connectivity index (χ2v) is 4.03. The van der Waals surface area contributed by atoms with Crippen molar-refractivity contribution >= 4 is 11.6 Å². The van der Waals surface area contributed by atoms with Crippen LogP contribution < -0.4 is 15.4 Å². The van der Waals surface area contributed by atoms with Gasteiger partial charge in [-0.3, -0.25) is 0 Å². The van der Waals surface area contributed by atoms with Crippen molar-refractivity contribution in [3.05, 3.63) is 28.8 Å². The molecule has 1 aliphatic rings. The van der Waals surface area contributed by atoms with Crippen molar-refractivity contribution in [1.82, 2.24) is 10.6 Å². The van der Waals surface area contributed by atoms with Crippen LogP contribution in [-0.2, 0) is 0 Å². The summed E-state index contributed by atoms with van der Waals surface area (Å²) in [6.07, 6.45) is 0. The third kappa shape index (κ3) is 2.43. The van der Waals surface area contributed by atoms with E-state index in [-0.39, 0.29) is 6.04 Å². The Labute approximate surface area is 94.8 Å². The molecule has 0 bridgehead atoms. The van der Waals surface area contributed by atoms with E-state index < -0.39 is 0 Å². The summed E-state index contributed by atoms with van der Waals surface area (Å²) in [5.41, 5.74) is 1.12. The summed E-state index contributed by atoms with van der Waals surface area (Å²) in [5.74, 6) is 0.889. The molecular formula is C11H15ClN2O. The molecule has 0 aromatic heterocycles. The molecule has 82 valence electrons. The maximum Gasteiger partial charge on any atom is 0.123 e. The molecule has 1 fully saturated rings. The molecule has 1 atom stereocenters. The lowest BCUT2D eigenvalue weighted by molar-refractivity contribution is 0.382. The minimum atomic E-state index is 0.285. The van der Waals surface area contributed by atoms with Gasteiger partial charge in [0.1, 0.15) is 5.75 Å². The van der Waals surface area contributed by atoms with Gasteiger partial charge in [-0.2, -0.15) is 0 Å². The largest absolute Gasteiger partial charge is 0.496 e. The van der Waals surface area contributed by atoms with Crippen LogP contribution in [0.15, 0.2) is 18.2 Å². The fourth-order valence-corrected chi connectivity index (χ4v) is 2.03. The average molecular weight is 227 g/mol. The minimum Gasteiger partial charge on any atom is -0.496 e. The second-order valence-electron chi connectivity index (χ2n) is 3.60. The Morgan fingerprint density at radius 1 is 1.40 bits per heavy atom. The van der Waals surface area contributed by atoms with E-state index in [9.17, 15) is 0 Å². The predicted octanol–water partition coefficient (Wildman–Crippen LogP) is 1.58. The molecule has 3 nitrogen and oxygen atoms in total. The average Bonchev–Trinajstić information content (AvgIpc) is 2.30. The van der Waals surface area contributed by atoms with Crippen LogP contribution in [0, 0.1) is 0 Å². The monoisotopic (exact) mass is 226 g/mol. The first-order valence-electron chi connectivity index (χ1n) is 5.09. The van der Waals surface area contributed by atoms with E-state index in [2.05, 4.69) is 10.6 Å². The van der Waals surface area contributed by atoms with Crippen LogP contribution in [0.4, 0.5) is 0 Å². The highest BCUT2D eigenvalue weighted by molar-refractivity contribution is 6.30. The Hall–Kier alpha value is -0.770. The topological polar surface area (TPSA) is 33.3 Å². The van der Waals surface area contributed by atoms with Crippen molar-refractivity contribution in [3.8, 4) is 5.75 Å². The van der Waals surface area contributed by atoms with Crippen molar-refractivity contribution in [2.75, 3.05) is 26.7 Å². The number of benzene rings is 1. The molecule has 1 heterocycles. The zero-order chi connectivity index (χ0) is 10.7. The number of halogens is 1.